The SMILES string of the molecule is N#Cc1c(-c2ccccc2)nc(NN=Cc2ccccc2C(F)F)[nH]c1=O. The fraction of sp³-hybridized carbons (Fsp3) is 0.0526. The third kappa shape index (κ3) is 4.04. The molecule has 1 heterocycles. The maximum atomic E-state index is 13.0. The summed E-state index contributed by atoms with van der Waals surface area (Å²) in [6, 6.07) is 16.5. The smallest absolute Gasteiger partial charge is 0.270 e. The Hall–Kier alpha value is -3.86. The molecule has 0 aliphatic heterocycles. The van der Waals surface area contributed by atoms with Crippen molar-refractivity contribution in [3.8, 4) is 17.3 Å². The Morgan fingerprint density at radius 1 is 1.15 bits per heavy atom. The van der Waals surface area contributed by atoms with Gasteiger partial charge in [0.25, 0.3) is 12.0 Å². The van der Waals surface area contributed by atoms with E-state index in [2.05, 4.69) is 20.5 Å². The van der Waals surface area contributed by atoms with Crippen LogP contribution in [-0.4, -0.2) is 16.2 Å². The predicted molar refractivity (Wildman–Crippen MR) is 97.6 cm³/mol. The van der Waals surface area contributed by atoms with Crippen LogP contribution in [0.15, 0.2) is 64.5 Å². The molecular formula is C19H13F2N5O. The van der Waals surface area contributed by atoms with Gasteiger partial charge in [-0.15, -0.1) is 0 Å². The number of hydrogen-bond donors (Lipinski definition) is 2. The normalized spacial score (nSPS) is 10.9. The second kappa shape index (κ2) is 8.01. The first-order valence-corrected chi connectivity index (χ1v) is 7.86. The summed E-state index contributed by atoms with van der Waals surface area (Å²) in [7, 11) is 0. The first-order chi connectivity index (χ1) is 13.1. The van der Waals surface area contributed by atoms with Crippen LogP contribution < -0.4 is 11.0 Å². The van der Waals surface area contributed by atoms with Crippen LogP contribution in [0.4, 0.5) is 14.7 Å². The van der Waals surface area contributed by atoms with Crippen molar-refractivity contribution in [2.75, 3.05) is 5.43 Å². The van der Waals surface area contributed by atoms with Crippen LogP contribution in [0.5, 0.6) is 0 Å². The number of anilines is 1. The number of benzene rings is 2. The highest BCUT2D eigenvalue weighted by atomic mass is 19.3. The van der Waals surface area contributed by atoms with E-state index in [1.54, 1.807) is 36.4 Å². The van der Waals surface area contributed by atoms with Crippen molar-refractivity contribution >= 4 is 12.2 Å². The fourth-order valence-corrected chi connectivity index (χ4v) is 2.42. The Labute approximate surface area is 152 Å². The van der Waals surface area contributed by atoms with Crippen molar-refractivity contribution in [2.45, 2.75) is 6.43 Å². The first-order valence-electron chi connectivity index (χ1n) is 7.86. The molecule has 0 unspecified atom stereocenters. The molecule has 8 heteroatoms. The van der Waals surface area contributed by atoms with Crippen LogP contribution in [0, 0.1) is 11.3 Å². The van der Waals surface area contributed by atoms with Crippen molar-refractivity contribution in [1.29, 1.82) is 5.26 Å². The van der Waals surface area contributed by atoms with Crippen molar-refractivity contribution in [3.05, 3.63) is 81.6 Å². The van der Waals surface area contributed by atoms with E-state index in [1.807, 2.05) is 6.07 Å². The lowest BCUT2D eigenvalue weighted by atomic mass is 10.1. The van der Waals surface area contributed by atoms with Gasteiger partial charge in [0.15, 0.2) is 0 Å². The van der Waals surface area contributed by atoms with E-state index in [9.17, 15) is 18.8 Å². The molecule has 2 N–H and O–H groups in total. The van der Waals surface area contributed by atoms with E-state index in [-0.39, 0.29) is 28.3 Å². The van der Waals surface area contributed by atoms with E-state index >= 15 is 0 Å². The van der Waals surface area contributed by atoms with Gasteiger partial charge in [-0.25, -0.2) is 19.2 Å². The third-order valence-electron chi connectivity index (χ3n) is 3.68. The molecular weight excluding hydrogens is 352 g/mol. The van der Waals surface area contributed by atoms with Crippen LogP contribution in [0.2, 0.25) is 0 Å². The van der Waals surface area contributed by atoms with Gasteiger partial charge in [0.1, 0.15) is 11.6 Å². The van der Waals surface area contributed by atoms with Gasteiger partial charge in [-0.2, -0.15) is 10.4 Å². The topological polar surface area (TPSA) is 93.9 Å². The molecule has 0 radical (unpaired) electrons. The molecule has 0 fully saturated rings. The van der Waals surface area contributed by atoms with Crippen LogP contribution in [0.3, 0.4) is 0 Å². The Bertz CT molecular complexity index is 1070. The molecule has 3 rings (SSSR count). The van der Waals surface area contributed by atoms with Gasteiger partial charge in [0, 0.05) is 16.7 Å². The minimum Gasteiger partial charge on any atom is -0.290 e. The number of halogens is 2. The average Bonchev–Trinajstić information content (AvgIpc) is 2.68. The van der Waals surface area contributed by atoms with E-state index in [1.165, 1.54) is 24.4 Å². The molecule has 0 bridgehead atoms. The molecule has 3 aromatic rings. The fourth-order valence-electron chi connectivity index (χ4n) is 2.42. The maximum Gasteiger partial charge on any atom is 0.270 e. The van der Waals surface area contributed by atoms with E-state index in [0.717, 1.165) is 0 Å². The molecule has 0 saturated carbocycles. The molecule has 0 saturated heterocycles. The van der Waals surface area contributed by atoms with Gasteiger partial charge in [0.05, 0.1) is 11.9 Å². The number of hydrogen-bond acceptors (Lipinski definition) is 5. The Morgan fingerprint density at radius 3 is 2.56 bits per heavy atom. The Balaban J connectivity index is 1.92. The van der Waals surface area contributed by atoms with Crippen LogP contribution in [-0.2, 0) is 0 Å². The summed E-state index contributed by atoms with van der Waals surface area (Å²) in [5, 5.41) is 13.1. The van der Waals surface area contributed by atoms with Gasteiger partial charge >= 0.3 is 0 Å². The van der Waals surface area contributed by atoms with Crippen molar-refractivity contribution in [1.82, 2.24) is 9.97 Å². The highest BCUT2D eigenvalue weighted by Gasteiger charge is 2.13. The van der Waals surface area contributed by atoms with E-state index < -0.39 is 12.0 Å². The number of alkyl halides is 2. The lowest BCUT2D eigenvalue weighted by Crippen LogP contribution is -2.16. The average molecular weight is 365 g/mol. The van der Waals surface area contributed by atoms with Crippen LogP contribution in [0.1, 0.15) is 23.1 Å². The predicted octanol–water partition coefficient (Wildman–Crippen LogP) is 3.69. The lowest BCUT2D eigenvalue weighted by molar-refractivity contribution is 0.151. The van der Waals surface area contributed by atoms with Crippen molar-refractivity contribution in [3.63, 3.8) is 0 Å². The summed E-state index contributed by atoms with van der Waals surface area (Å²) >= 11 is 0. The van der Waals surface area contributed by atoms with Crippen molar-refractivity contribution in [2.24, 2.45) is 5.10 Å². The zero-order valence-electron chi connectivity index (χ0n) is 13.9. The maximum absolute atomic E-state index is 13.0. The van der Waals surface area contributed by atoms with Gasteiger partial charge < -0.3 is 0 Å². The minimum atomic E-state index is -2.63. The summed E-state index contributed by atoms with van der Waals surface area (Å²) in [5.41, 5.74) is 2.63. The standard InChI is InChI=1S/C19H13F2N5O/c20-17(21)14-9-5-4-8-13(14)11-23-26-19-24-16(12-6-2-1-3-7-12)15(10-22)18(27)25-19/h1-9,11,17H,(H2,24,25,26,27). The Morgan fingerprint density at radius 2 is 1.85 bits per heavy atom. The van der Waals surface area contributed by atoms with Gasteiger partial charge in [0.2, 0.25) is 5.95 Å². The van der Waals surface area contributed by atoms with Gasteiger partial charge in [-0.3, -0.25) is 9.78 Å². The van der Waals surface area contributed by atoms with Crippen LogP contribution >= 0.6 is 0 Å². The van der Waals surface area contributed by atoms with E-state index in [0.29, 0.717) is 5.56 Å². The van der Waals surface area contributed by atoms with Gasteiger partial charge in [-0.05, 0) is 0 Å². The molecule has 0 atom stereocenters. The number of H-pyrrole nitrogens is 1. The number of rotatable bonds is 5. The number of nitriles is 1. The second-order valence-corrected chi connectivity index (χ2v) is 5.42. The zero-order valence-corrected chi connectivity index (χ0v) is 13.9. The quantitative estimate of drug-likeness (QED) is 0.533. The summed E-state index contributed by atoms with van der Waals surface area (Å²) in [5.74, 6) is -0.0105. The summed E-state index contributed by atoms with van der Waals surface area (Å²) < 4.78 is 26.0. The molecule has 0 spiro atoms. The summed E-state index contributed by atoms with van der Waals surface area (Å²) in [4.78, 5) is 18.7. The Kier molecular flexibility index (Phi) is 5.33. The zero-order chi connectivity index (χ0) is 19.2. The molecule has 0 amide bonds. The number of nitrogens with one attached hydrogen (secondary N) is 2. The number of nitrogens with zero attached hydrogens (tertiary/aromatic N) is 3. The number of aromatic amines is 1. The molecule has 6 nitrogen and oxygen atoms in total. The van der Waals surface area contributed by atoms with Crippen LogP contribution in [0.25, 0.3) is 11.3 Å². The summed E-state index contributed by atoms with van der Waals surface area (Å²) in [6.07, 6.45) is -1.42. The molecule has 1 aromatic heterocycles. The lowest BCUT2D eigenvalue weighted by Gasteiger charge is -2.06. The molecule has 0 aliphatic rings. The third-order valence-corrected chi connectivity index (χ3v) is 3.68. The highest BCUT2D eigenvalue weighted by molar-refractivity contribution is 5.82. The molecule has 27 heavy (non-hydrogen) atoms. The van der Waals surface area contributed by atoms with Gasteiger partial charge in [-0.1, -0.05) is 54.6 Å². The second-order valence-electron chi connectivity index (χ2n) is 5.42. The molecule has 0 aliphatic carbocycles. The summed E-state index contributed by atoms with van der Waals surface area (Å²) in [6.45, 7) is 0. The number of aromatic nitrogens is 2. The minimum absolute atomic E-state index is 0.0105. The molecule has 134 valence electrons. The molecule has 2 aromatic carbocycles. The van der Waals surface area contributed by atoms with Crippen molar-refractivity contribution < 1.29 is 8.78 Å². The first kappa shape index (κ1) is 17.9. The monoisotopic (exact) mass is 365 g/mol. The largest absolute Gasteiger partial charge is 0.290 e. The van der Waals surface area contributed by atoms with E-state index in [4.69, 9.17) is 0 Å². The highest BCUT2D eigenvalue weighted by Crippen LogP contribution is 2.22. The number of hydrazone groups is 1.